The van der Waals surface area contributed by atoms with Gasteiger partial charge in [0.25, 0.3) is 0 Å². The second kappa shape index (κ2) is 11.8. The molecule has 1 heterocycles. The molecule has 0 unspecified atom stereocenters. The molecule has 26 heavy (non-hydrogen) atoms. The van der Waals surface area contributed by atoms with E-state index >= 15 is 0 Å². The number of aliphatic imine (C=N–C) groups is 1. The minimum absolute atomic E-state index is 0. The first-order valence-corrected chi connectivity index (χ1v) is 8.90. The highest BCUT2D eigenvalue weighted by atomic mass is 127. The number of rotatable bonds is 8. The fourth-order valence-electron chi connectivity index (χ4n) is 2.43. The Balaban J connectivity index is 0.00000338. The van der Waals surface area contributed by atoms with E-state index in [9.17, 15) is 0 Å². The summed E-state index contributed by atoms with van der Waals surface area (Å²) in [4.78, 5) is 4.25. The van der Waals surface area contributed by atoms with Gasteiger partial charge in [-0.1, -0.05) is 0 Å². The summed E-state index contributed by atoms with van der Waals surface area (Å²) in [6.07, 6.45) is 0.732. The molecular weight excluding hydrogens is 465 g/mol. The lowest BCUT2D eigenvalue weighted by Gasteiger charge is -2.16. The van der Waals surface area contributed by atoms with Crippen LogP contribution in [0.15, 0.2) is 34.0 Å². The highest BCUT2D eigenvalue weighted by molar-refractivity contribution is 14.0. The van der Waals surface area contributed by atoms with Gasteiger partial charge in [-0.05, 0) is 28.8 Å². The number of guanidine groups is 1. The fraction of sp³-hybridized carbons (Fsp3) is 0.389. The van der Waals surface area contributed by atoms with E-state index in [1.54, 1.807) is 39.7 Å². The van der Waals surface area contributed by atoms with Gasteiger partial charge in [-0.15, -0.1) is 24.0 Å². The molecule has 0 aliphatic heterocycles. The van der Waals surface area contributed by atoms with Gasteiger partial charge in [0.2, 0.25) is 0 Å². The minimum Gasteiger partial charge on any atom is -0.496 e. The maximum absolute atomic E-state index is 5.48. The third kappa shape index (κ3) is 6.24. The van der Waals surface area contributed by atoms with E-state index in [0.717, 1.165) is 36.0 Å². The molecule has 2 rings (SSSR count). The van der Waals surface area contributed by atoms with E-state index in [0.29, 0.717) is 12.3 Å². The predicted molar refractivity (Wildman–Crippen MR) is 118 cm³/mol. The second-order valence-electron chi connectivity index (χ2n) is 5.24. The average Bonchev–Trinajstić information content (AvgIpc) is 3.17. The van der Waals surface area contributed by atoms with Crippen molar-refractivity contribution in [2.24, 2.45) is 4.99 Å². The molecule has 8 heteroatoms. The molecule has 0 aliphatic carbocycles. The first-order valence-electron chi connectivity index (χ1n) is 7.96. The molecule has 6 nitrogen and oxygen atoms in total. The predicted octanol–water partition coefficient (Wildman–Crippen LogP) is 3.30. The number of halogens is 1. The summed E-state index contributed by atoms with van der Waals surface area (Å²) in [7, 11) is 6.68. The minimum atomic E-state index is 0. The summed E-state index contributed by atoms with van der Waals surface area (Å²) < 4.78 is 16.2. The number of methoxy groups -OCH3 is 3. The van der Waals surface area contributed by atoms with Gasteiger partial charge in [-0.2, -0.15) is 11.3 Å². The number of nitrogens with one attached hydrogen (secondary N) is 2. The van der Waals surface area contributed by atoms with Crippen molar-refractivity contribution in [3.8, 4) is 17.2 Å². The number of hydrogen-bond donors (Lipinski definition) is 2. The first-order chi connectivity index (χ1) is 12.2. The molecule has 2 aromatic rings. The van der Waals surface area contributed by atoms with Gasteiger partial charge in [0.1, 0.15) is 17.2 Å². The van der Waals surface area contributed by atoms with Crippen molar-refractivity contribution in [1.82, 2.24) is 10.6 Å². The Morgan fingerprint density at radius 1 is 1.08 bits per heavy atom. The van der Waals surface area contributed by atoms with Crippen LogP contribution in [0.1, 0.15) is 11.1 Å². The fourth-order valence-corrected chi connectivity index (χ4v) is 3.10. The normalized spacial score (nSPS) is 10.7. The zero-order chi connectivity index (χ0) is 18.1. The summed E-state index contributed by atoms with van der Waals surface area (Å²) in [5.74, 6) is 2.97. The molecule has 0 spiro atoms. The molecule has 0 bridgehead atoms. The van der Waals surface area contributed by atoms with Crippen molar-refractivity contribution in [3.05, 3.63) is 40.1 Å². The Kier molecular flexibility index (Phi) is 10.2. The van der Waals surface area contributed by atoms with E-state index in [1.807, 2.05) is 12.1 Å². The highest BCUT2D eigenvalue weighted by Gasteiger charge is 2.13. The zero-order valence-electron chi connectivity index (χ0n) is 15.5. The van der Waals surface area contributed by atoms with Gasteiger partial charge >= 0.3 is 0 Å². The number of thiophene rings is 1. The van der Waals surface area contributed by atoms with E-state index < -0.39 is 0 Å². The molecule has 144 valence electrons. The van der Waals surface area contributed by atoms with Crippen LogP contribution in [0.25, 0.3) is 0 Å². The number of hydrogen-bond acceptors (Lipinski definition) is 5. The highest BCUT2D eigenvalue weighted by Crippen LogP contribution is 2.34. The summed E-state index contributed by atoms with van der Waals surface area (Å²) in [5, 5.41) is 10.8. The van der Waals surface area contributed by atoms with Crippen LogP contribution in [-0.4, -0.2) is 40.9 Å². The first kappa shape index (κ1) is 22.4. The van der Waals surface area contributed by atoms with Crippen molar-refractivity contribution in [2.75, 3.05) is 34.9 Å². The van der Waals surface area contributed by atoms with Crippen molar-refractivity contribution in [2.45, 2.75) is 13.0 Å². The number of ether oxygens (including phenoxy) is 3. The number of benzene rings is 1. The van der Waals surface area contributed by atoms with E-state index in [-0.39, 0.29) is 24.0 Å². The molecule has 0 fully saturated rings. The van der Waals surface area contributed by atoms with Crippen molar-refractivity contribution >= 4 is 41.3 Å². The Hall–Kier alpha value is -1.68. The summed E-state index contributed by atoms with van der Waals surface area (Å²) in [6.45, 7) is 1.45. The van der Waals surface area contributed by atoms with Gasteiger partial charge in [0, 0.05) is 37.8 Å². The van der Waals surface area contributed by atoms with Crippen LogP contribution in [0, 0.1) is 0 Å². The molecule has 0 aliphatic rings. The van der Waals surface area contributed by atoms with Crippen LogP contribution >= 0.6 is 35.3 Å². The van der Waals surface area contributed by atoms with Crippen LogP contribution in [-0.2, 0) is 13.0 Å². The lowest BCUT2D eigenvalue weighted by atomic mass is 10.1. The maximum Gasteiger partial charge on any atom is 0.191 e. The van der Waals surface area contributed by atoms with E-state index in [4.69, 9.17) is 14.2 Å². The molecule has 0 amide bonds. The Bertz CT molecular complexity index is 668. The lowest BCUT2D eigenvalue weighted by Crippen LogP contribution is -2.37. The monoisotopic (exact) mass is 491 g/mol. The van der Waals surface area contributed by atoms with E-state index in [2.05, 4.69) is 32.5 Å². The molecule has 0 saturated carbocycles. The van der Waals surface area contributed by atoms with Crippen LogP contribution in [0.3, 0.4) is 0 Å². The molecule has 0 atom stereocenters. The van der Waals surface area contributed by atoms with Crippen LogP contribution < -0.4 is 24.8 Å². The largest absolute Gasteiger partial charge is 0.496 e. The smallest absolute Gasteiger partial charge is 0.191 e. The molecule has 0 saturated heterocycles. The molecule has 1 aromatic heterocycles. The molecule has 0 radical (unpaired) electrons. The molecular formula is C18H26IN3O3S. The average molecular weight is 491 g/mol. The SMILES string of the molecule is CN=C(NCCc1c(OC)cc(OC)cc1OC)NCc1ccsc1.I. The van der Waals surface area contributed by atoms with Gasteiger partial charge in [0.15, 0.2) is 5.96 Å². The van der Waals surface area contributed by atoms with Crippen LogP contribution in [0.2, 0.25) is 0 Å². The third-order valence-corrected chi connectivity index (χ3v) is 4.48. The Labute approximate surface area is 176 Å². The van der Waals surface area contributed by atoms with Gasteiger partial charge in [-0.25, -0.2) is 0 Å². The van der Waals surface area contributed by atoms with Crippen LogP contribution in [0.4, 0.5) is 0 Å². The van der Waals surface area contributed by atoms with Gasteiger partial charge in [0.05, 0.1) is 21.3 Å². The standard InChI is InChI=1S/C18H25N3O3S.HI/c1-19-18(21-11-13-6-8-25-12-13)20-7-5-15-16(23-3)9-14(22-2)10-17(15)24-4;/h6,8-10,12H,5,7,11H2,1-4H3,(H2,19,20,21);1H. The van der Waals surface area contributed by atoms with Crippen LogP contribution in [0.5, 0.6) is 17.2 Å². The van der Waals surface area contributed by atoms with Crippen molar-refractivity contribution < 1.29 is 14.2 Å². The summed E-state index contributed by atoms with van der Waals surface area (Å²) >= 11 is 1.69. The second-order valence-corrected chi connectivity index (χ2v) is 6.02. The quantitative estimate of drug-likeness (QED) is 0.337. The van der Waals surface area contributed by atoms with Crippen molar-refractivity contribution in [1.29, 1.82) is 0 Å². The number of nitrogens with zero attached hydrogens (tertiary/aromatic N) is 1. The zero-order valence-corrected chi connectivity index (χ0v) is 18.6. The Morgan fingerprint density at radius 2 is 1.77 bits per heavy atom. The third-order valence-electron chi connectivity index (χ3n) is 3.75. The topological polar surface area (TPSA) is 64.1 Å². The molecule has 1 aromatic carbocycles. The van der Waals surface area contributed by atoms with Gasteiger partial charge < -0.3 is 24.8 Å². The lowest BCUT2D eigenvalue weighted by molar-refractivity contribution is 0.368. The Morgan fingerprint density at radius 3 is 2.27 bits per heavy atom. The van der Waals surface area contributed by atoms with Crippen molar-refractivity contribution in [3.63, 3.8) is 0 Å². The van der Waals surface area contributed by atoms with E-state index in [1.165, 1.54) is 5.56 Å². The molecule has 2 N–H and O–H groups in total. The maximum atomic E-state index is 5.48. The summed E-state index contributed by atoms with van der Waals surface area (Å²) in [5.41, 5.74) is 2.23. The van der Waals surface area contributed by atoms with Gasteiger partial charge in [-0.3, -0.25) is 4.99 Å². The summed E-state index contributed by atoms with van der Waals surface area (Å²) in [6, 6.07) is 5.82.